The second kappa shape index (κ2) is 10.3. The number of morpholine rings is 1. The average molecular weight is 489 g/mol. The molecule has 0 unspecified atom stereocenters. The van der Waals surface area contributed by atoms with Crippen LogP contribution in [0.3, 0.4) is 0 Å². The predicted molar refractivity (Wildman–Crippen MR) is 120 cm³/mol. The lowest BCUT2D eigenvalue weighted by molar-refractivity contribution is 0.0730. The van der Waals surface area contributed by atoms with Crippen molar-refractivity contribution < 1.29 is 31.5 Å². The van der Waals surface area contributed by atoms with Crippen LogP contribution in [0, 0.1) is 11.6 Å². The van der Waals surface area contributed by atoms with Crippen LogP contribution >= 0.6 is 0 Å². The smallest absolute Gasteiger partial charge is 0.254 e. The highest BCUT2D eigenvalue weighted by atomic mass is 32.2. The molecule has 0 atom stereocenters. The van der Waals surface area contributed by atoms with Crippen molar-refractivity contribution in [1.82, 2.24) is 9.62 Å². The summed E-state index contributed by atoms with van der Waals surface area (Å²) in [7, 11) is -3.86. The minimum atomic E-state index is -3.86. The fraction of sp³-hybridized carbons (Fsp3) is 0.208. The molecule has 34 heavy (non-hydrogen) atoms. The van der Waals surface area contributed by atoms with E-state index in [4.69, 9.17) is 9.47 Å². The van der Waals surface area contributed by atoms with Crippen LogP contribution in [0.25, 0.3) is 0 Å². The third-order valence-electron chi connectivity index (χ3n) is 5.22. The van der Waals surface area contributed by atoms with Gasteiger partial charge in [-0.3, -0.25) is 4.79 Å². The molecule has 3 aromatic carbocycles. The number of nitrogens with zero attached hydrogens (tertiary/aromatic N) is 1. The number of halogens is 2. The second-order valence-corrected chi connectivity index (χ2v) is 9.48. The van der Waals surface area contributed by atoms with Gasteiger partial charge < -0.3 is 14.8 Å². The lowest BCUT2D eigenvalue weighted by Gasteiger charge is -2.26. The number of amides is 1. The van der Waals surface area contributed by atoms with Gasteiger partial charge in [-0.15, -0.1) is 0 Å². The van der Waals surface area contributed by atoms with E-state index in [1.807, 2.05) is 0 Å². The third-order valence-corrected chi connectivity index (χ3v) is 7.11. The molecule has 1 amide bonds. The fourth-order valence-corrected chi connectivity index (χ4v) is 4.80. The van der Waals surface area contributed by atoms with Crippen LogP contribution in [0.1, 0.15) is 15.9 Å². The maximum atomic E-state index is 14.3. The molecule has 3 aromatic rings. The van der Waals surface area contributed by atoms with E-state index >= 15 is 0 Å². The molecule has 7 nitrogen and oxygen atoms in total. The summed E-state index contributed by atoms with van der Waals surface area (Å²) < 4.78 is 65.0. The molecule has 10 heteroatoms. The van der Waals surface area contributed by atoms with Crippen molar-refractivity contribution in [1.29, 1.82) is 0 Å². The van der Waals surface area contributed by atoms with Crippen molar-refractivity contribution in [2.24, 2.45) is 0 Å². The summed E-state index contributed by atoms with van der Waals surface area (Å²) in [6.07, 6.45) is 0. The second-order valence-electron chi connectivity index (χ2n) is 7.54. The Balaban J connectivity index is 1.40. The molecule has 1 heterocycles. The van der Waals surface area contributed by atoms with Gasteiger partial charge in [-0.05, 0) is 60.2 Å². The summed E-state index contributed by atoms with van der Waals surface area (Å²) in [6.45, 7) is 1.04. The van der Waals surface area contributed by atoms with Gasteiger partial charge in [0.1, 0.15) is 23.1 Å². The van der Waals surface area contributed by atoms with Crippen LogP contribution in [0.4, 0.5) is 8.78 Å². The number of ether oxygens (including phenoxy) is 2. The van der Waals surface area contributed by atoms with Crippen LogP contribution in [-0.4, -0.2) is 44.9 Å². The number of hydrogen-bond donors (Lipinski definition) is 1. The zero-order chi connectivity index (χ0) is 24.1. The van der Waals surface area contributed by atoms with E-state index in [0.29, 0.717) is 11.5 Å². The van der Waals surface area contributed by atoms with Gasteiger partial charge in [0.15, 0.2) is 0 Å². The Morgan fingerprint density at radius 3 is 2.21 bits per heavy atom. The Labute approximate surface area is 196 Å². The van der Waals surface area contributed by atoms with Crippen LogP contribution in [0.15, 0.2) is 71.6 Å². The van der Waals surface area contributed by atoms with E-state index in [-0.39, 0.29) is 49.1 Å². The Bertz CT molecular complexity index is 1260. The van der Waals surface area contributed by atoms with E-state index in [1.165, 1.54) is 28.6 Å². The van der Waals surface area contributed by atoms with Gasteiger partial charge in [0.2, 0.25) is 10.0 Å². The molecule has 1 aliphatic heterocycles. The topological polar surface area (TPSA) is 84.9 Å². The van der Waals surface area contributed by atoms with Gasteiger partial charge in [0.25, 0.3) is 5.91 Å². The number of sulfonamides is 1. The van der Waals surface area contributed by atoms with Gasteiger partial charge in [0, 0.05) is 19.6 Å². The van der Waals surface area contributed by atoms with E-state index < -0.39 is 21.7 Å². The predicted octanol–water partition coefficient (Wildman–Crippen LogP) is 3.71. The number of benzene rings is 3. The first-order valence-electron chi connectivity index (χ1n) is 10.5. The standard InChI is InChI=1S/C24H22F2N2O5S/c25-18-3-7-20(8-4-18)33-19-5-1-17(2-6-19)16-27-24(29)22-15-21(9-10-23(22)26)34(30,31)28-11-13-32-14-12-28/h1-10,15H,11-14,16H2,(H,27,29). The van der Waals surface area contributed by atoms with Crippen LogP contribution in [0.2, 0.25) is 0 Å². The van der Waals surface area contributed by atoms with Crippen molar-refractivity contribution in [3.8, 4) is 11.5 Å². The summed E-state index contributed by atoms with van der Waals surface area (Å²) in [5.74, 6) is -0.915. The number of nitrogens with one attached hydrogen (secondary N) is 1. The minimum Gasteiger partial charge on any atom is -0.457 e. The monoisotopic (exact) mass is 488 g/mol. The summed E-state index contributed by atoms with van der Waals surface area (Å²) in [5.41, 5.74) is 0.364. The highest BCUT2D eigenvalue weighted by molar-refractivity contribution is 7.89. The van der Waals surface area contributed by atoms with Crippen LogP contribution < -0.4 is 10.1 Å². The van der Waals surface area contributed by atoms with Crippen molar-refractivity contribution in [3.63, 3.8) is 0 Å². The van der Waals surface area contributed by atoms with E-state index in [9.17, 15) is 22.0 Å². The van der Waals surface area contributed by atoms with Crippen LogP contribution in [-0.2, 0) is 21.3 Å². The number of rotatable bonds is 7. The molecule has 0 aromatic heterocycles. The molecule has 1 saturated heterocycles. The largest absolute Gasteiger partial charge is 0.457 e. The molecule has 4 rings (SSSR count). The normalized spacial score (nSPS) is 14.5. The van der Waals surface area contributed by atoms with Gasteiger partial charge in [0.05, 0.1) is 23.7 Å². The molecule has 1 fully saturated rings. The highest BCUT2D eigenvalue weighted by Crippen LogP contribution is 2.23. The molecule has 0 bridgehead atoms. The number of carbonyl (C=O) groups excluding carboxylic acids is 1. The Kier molecular flexibility index (Phi) is 7.20. The summed E-state index contributed by atoms with van der Waals surface area (Å²) in [6, 6.07) is 15.6. The van der Waals surface area contributed by atoms with Gasteiger partial charge >= 0.3 is 0 Å². The molecule has 1 N–H and O–H groups in total. The first-order valence-corrected chi connectivity index (χ1v) is 11.9. The molecule has 178 valence electrons. The summed E-state index contributed by atoms with van der Waals surface area (Å²) >= 11 is 0. The van der Waals surface area contributed by atoms with Crippen molar-refractivity contribution >= 4 is 15.9 Å². The molecular formula is C24H22F2N2O5S. The molecule has 0 radical (unpaired) electrons. The number of hydrogen-bond acceptors (Lipinski definition) is 5. The Hall–Kier alpha value is -3.34. The first kappa shape index (κ1) is 23.8. The van der Waals surface area contributed by atoms with Gasteiger partial charge in [-0.2, -0.15) is 4.31 Å². The molecule has 0 aliphatic carbocycles. The molecular weight excluding hydrogens is 466 g/mol. The summed E-state index contributed by atoms with van der Waals surface area (Å²) in [4.78, 5) is 12.4. The molecule has 0 spiro atoms. The summed E-state index contributed by atoms with van der Waals surface area (Å²) in [5, 5.41) is 2.60. The lowest BCUT2D eigenvalue weighted by atomic mass is 10.1. The Morgan fingerprint density at radius 1 is 0.941 bits per heavy atom. The molecule has 0 saturated carbocycles. The maximum Gasteiger partial charge on any atom is 0.254 e. The quantitative estimate of drug-likeness (QED) is 0.548. The lowest BCUT2D eigenvalue weighted by Crippen LogP contribution is -2.40. The van der Waals surface area contributed by atoms with Gasteiger partial charge in [-0.25, -0.2) is 17.2 Å². The molecule has 1 aliphatic rings. The van der Waals surface area contributed by atoms with Crippen LogP contribution in [0.5, 0.6) is 11.5 Å². The van der Waals surface area contributed by atoms with E-state index in [0.717, 1.165) is 23.8 Å². The van der Waals surface area contributed by atoms with Gasteiger partial charge in [-0.1, -0.05) is 12.1 Å². The SMILES string of the molecule is O=C(NCc1ccc(Oc2ccc(F)cc2)cc1)c1cc(S(=O)(=O)N2CCOCC2)ccc1F. The average Bonchev–Trinajstić information content (AvgIpc) is 2.85. The van der Waals surface area contributed by atoms with Crippen molar-refractivity contribution in [2.75, 3.05) is 26.3 Å². The van der Waals surface area contributed by atoms with Crippen molar-refractivity contribution in [2.45, 2.75) is 11.4 Å². The zero-order valence-electron chi connectivity index (χ0n) is 18.0. The third kappa shape index (κ3) is 5.58. The van der Waals surface area contributed by atoms with E-state index in [1.54, 1.807) is 24.3 Å². The van der Waals surface area contributed by atoms with E-state index in [2.05, 4.69) is 5.32 Å². The fourth-order valence-electron chi connectivity index (χ4n) is 3.37. The zero-order valence-corrected chi connectivity index (χ0v) is 18.9. The number of carbonyl (C=O) groups is 1. The minimum absolute atomic E-state index is 0.0928. The first-order chi connectivity index (χ1) is 16.3. The Morgan fingerprint density at radius 2 is 1.56 bits per heavy atom. The maximum absolute atomic E-state index is 14.3. The van der Waals surface area contributed by atoms with Crippen molar-refractivity contribution in [3.05, 3.63) is 89.5 Å². The highest BCUT2D eigenvalue weighted by Gasteiger charge is 2.27.